The van der Waals surface area contributed by atoms with Gasteiger partial charge in [-0.15, -0.1) is 0 Å². The van der Waals surface area contributed by atoms with Crippen LogP contribution in [0, 0.1) is 11.3 Å². The molecular formula is C8H14O2. The van der Waals surface area contributed by atoms with Gasteiger partial charge < -0.3 is 4.74 Å². The zero-order valence-corrected chi connectivity index (χ0v) is 6.97. The number of carbonyl (C=O) groups is 1. The molecule has 2 heteroatoms. The lowest BCUT2D eigenvalue weighted by atomic mass is 9.80. The molecule has 0 N–H and O–H groups in total. The Morgan fingerprint density at radius 3 is 2.00 bits per heavy atom. The fourth-order valence-corrected chi connectivity index (χ4v) is 1.20. The van der Waals surface area contributed by atoms with Gasteiger partial charge in [-0.2, -0.15) is 0 Å². The zero-order chi connectivity index (χ0) is 7.94. The van der Waals surface area contributed by atoms with Crippen molar-refractivity contribution in [3.05, 3.63) is 0 Å². The summed E-state index contributed by atoms with van der Waals surface area (Å²) in [5, 5.41) is 0. The van der Waals surface area contributed by atoms with E-state index in [9.17, 15) is 4.79 Å². The topological polar surface area (TPSA) is 26.3 Å². The smallest absolute Gasteiger partial charge is 0.312 e. The molecule has 1 fully saturated rings. The third kappa shape index (κ3) is 0.825. The van der Waals surface area contributed by atoms with Crippen LogP contribution in [0.3, 0.4) is 0 Å². The van der Waals surface area contributed by atoms with Crippen LogP contribution in [0.1, 0.15) is 27.7 Å². The first-order valence-electron chi connectivity index (χ1n) is 3.67. The highest BCUT2D eigenvalue weighted by atomic mass is 16.6. The van der Waals surface area contributed by atoms with E-state index in [1.807, 2.05) is 20.8 Å². The molecule has 0 aromatic rings. The van der Waals surface area contributed by atoms with Crippen molar-refractivity contribution in [2.45, 2.75) is 33.8 Å². The second-order valence-electron chi connectivity index (χ2n) is 3.62. The van der Waals surface area contributed by atoms with Gasteiger partial charge >= 0.3 is 5.97 Å². The van der Waals surface area contributed by atoms with E-state index in [4.69, 9.17) is 4.74 Å². The molecular weight excluding hydrogens is 128 g/mol. The largest absolute Gasteiger partial charge is 0.462 e. The summed E-state index contributed by atoms with van der Waals surface area (Å²) in [5.74, 6) is 0.271. The van der Waals surface area contributed by atoms with E-state index in [0.717, 1.165) is 0 Å². The number of hydrogen-bond donors (Lipinski definition) is 0. The van der Waals surface area contributed by atoms with Gasteiger partial charge in [0.2, 0.25) is 0 Å². The lowest BCUT2D eigenvalue weighted by Crippen LogP contribution is -2.25. The van der Waals surface area contributed by atoms with E-state index in [-0.39, 0.29) is 17.5 Å². The molecule has 0 spiro atoms. The Bertz CT molecular complexity index is 161. The van der Waals surface area contributed by atoms with Crippen molar-refractivity contribution in [1.29, 1.82) is 0 Å². The second-order valence-corrected chi connectivity index (χ2v) is 3.62. The number of esters is 1. The Balaban J connectivity index is 2.85. The van der Waals surface area contributed by atoms with Gasteiger partial charge in [0, 0.05) is 5.92 Å². The third-order valence-electron chi connectivity index (χ3n) is 2.66. The molecule has 0 radical (unpaired) electrons. The maximum Gasteiger partial charge on any atom is 0.312 e. The van der Waals surface area contributed by atoms with Gasteiger partial charge in [-0.3, -0.25) is 4.79 Å². The summed E-state index contributed by atoms with van der Waals surface area (Å²) in [6.45, 7) is 7.86. The van der Waals surface area contributed by atoms with Crippen LogP contribution >= 0.6 is 0 Å². The predicted octanol–water partition coefficient (Wildman–Crippen LogP) is 1.59. The fourth-order valence-electron chi connectivity index (χ4n) is 1.20. The SMILES string of the molecule is C[C@@H]1OC(=O)C(C)(C)[C@@H]1C. The van der Waals surface area contributed by atoms with Crippen molar-refractivity contribution in [1.82, 2.24) is 0 Å². The molecule has 2 atom stereocenters. The predicted molar refractivity (Wildman–Crippen MR) is 38.5 cm³/mol. The molecule has 1 aliphatic rings. The molecule has 1 rings (SSSR count). The monoisotopic (exact) mass is 142 g/mol. The number of ether oxygens (including phenoxy) is 1. The molecule has 0 aromatic heterocycles. The summed E-state index contributed by atoms with van der Waals surface area (Å²) in [6.07, 6.45) is 0.0856. The van der Waals surface area contributed by atoms with E-state index >= 15 is 0 Å². The average molecular weight is 142 g/mol. The molecule has 1 heterocycles. The van der Waals surface area contributed by atoms with E-state index in [0.29, 0.717) is 5.92 Å². The van der Waals surface area contributed by atoms with E-state index < -0.39 is 0 Å². The first kappa shape index (κ1) is 7.58. The normalized spacial score (nSPS) is 37.8. The average Bonchev–Trinajstić information content (AvgIpc) is 1.97. The Morgan fingerprint density at radius 1 is 1.40 bits per heavy atom. The molecule has 0 aliphatic carbocycles. The quantitative estimate of drug-likeness (QED) is 0.480. The lowest BCUT2D eigenvalue weighted by molar-refractivity contribution is -0.147. The van der Waals surface area contributed by atoms with Gasteiger partial charge in [-0.25, -0.2) is 0 Å². The van der Waals surface area contributed by atoms with E-state index in [2.05, 4.69) is 6.92 Å². The van der Waals surface area contributed by atoms with Gasteiger partial charge in [0.15, 0.2) is 0 Å². The second kappa shape index (κ2) is 1.97. The number of carbonyl (C=O) groups excluding carboxylic acids is 1. The maximum atomic E-state index is 11.1. The first-order valence-corrected chi connectivity index (χ1v) is 3.67. The zero-order valence-electron chi connectivity index (χ0n) is 6.97. The van der Waals surface area contributed by atoms with Crippen molar-refractivity contribution in [3.63, 3.8) is 0 Å². The van der Waals surface area contributed by atoms with Crippen LogP contribution in [0.25, 0.3) is 0 Å². The van der Waals surface area contributed by atoms with Gasteiger partial charge in [-0.05, 0) is 20.8 Å². The number of cyclic esters (lactones) is 1. The Hall–Kier alpha value is -0.530. The van der Waals surface area contributed by atoms with Crippen molar-refractivity contribution in [3.8, 4) is 0 Å². The molecule has 2 nitrogen and oxygen atoms in total. The molecule has 1 aliphatic heterocycles. The summed E-state index contributed by atoms with van der Waals surface area (Å²) in [6, 6.07) is 0. The third-order valence-corrected chi connectivity index (χ3v) is 2.66. The van der Waals surface area contributed by atoms with Crippen LogP contribution < -0.4 is 0 Å². The highest BCUT2D eigenvalue weighted by molar-refractivity contribution is 5.78. The number of rotatable bonds is 0. The van der Waals surface area contributed by atoms with Crippen molar-refractivity contribution < 1.29 is 9.53 Å². The van der Waals surface area contributed by atoms with Crippen LogP contribution in [0.5, 0.6) is 0 Å². The fraction of sp³-hybridized carbons (Fsp3) is 0.875. The molecule has 0 unspecified atom stereocenters. The summed E-state index contributed by atoms with van der Waals surface area (Å²) < 4.78 is 5.05. The van der Waals surface area contributed by atoms with Gasteiger partial charge in [0.25, 0.3) is 0 Å². The van der Waals surface area contributed by atoms with Gasteiger partial charge in [0.05, 0.1) is 5.41 Å². The molecule has 10 heavy (non-hydrogen) atoms. The van der Waals surface area contributed by atoms with Crippen molar-refractivity contribution >= 4 is 5.97 Å². The molecule has 58 valence electrons. The van der Waals surface area contributed by atoms with Gasteiger partial charge in [0.1, 0.15) is 6.10 Å². The summed E-state index contributed by atoms with van der Waals surface area (Å²) in [4.78, 5) is 11.1. The molecule has 0 aromatic carbocycles. The Morgan fingerprint density at radius 2 is 1.90 bits per heavy atom. The minimum atomic E-state index is -0.278. The van der Waals surface area contributed by atoms with Gasteiger partial charge in [-0.1, -0.05) is 6.92 Å². The highest BCUT2D eigenvalue weighted by Crippen LogP contribution is 2.38. The molecule has 0 saturated carbocycles. The van der Waals surface area contributed by atoms with Crippen molar-refractivity contribution in [2.24, 2.45) is 11.3 Å². The number of hydrogen-bond acceptors (Lipinski definition) is 2. The van der Waals surface area contributed by atoms with Crippen molar-refractivity contribution in [2.75, 3.05) is 0 Å². The molecule has 0 amide bonds. The summed E-state index contributed by atoms with van der Waals surface area (Å²) in [5.41, 5.74) is -0.278. The van der Waals surface area contributed by atoms with Crippen LogP contribution in [-0.4, -0.2) is 12.1 Å². The Labute approximate surface area is 61.6 Å². The molecule has 0 bridgehead atoms. The van der Waals surface area contributed by atoms with Crippen LogP contribution in [0.4, 0.5) is 0 Å². The molecule has 1 saturated heterocycles. The van der Waals surface area contributed by atoms with Crippen LogP contribution in [-0.2, 0) is 9.53 Å². The highest BCUT2D eigenvalue weighted by Gasteiger charge is 2.46. The minimum Gasteiger partial charge on any atom is -0.462 e. The summed E-state index contributed by atoms with van der Waals surface area (Å²) >= 11 is 0. The summed E-state index contributed by atoms with van der Waals surface area (Å²) in [7, 11) is 0. The van der Waals surface area contributed by atoms with Crippen LogP contribution in [0.15, 0.2) is 0 Å². The standard InChI is InChI=1S/C8H14O2/c1-5-6(2)10-7(9)8(5,3)4/h5-6H,1-4H3/t5-,6+/m1/s1. The lowest BCUT2D eigenvalue weighted by Gasteiger charge is -2.18. The maximum absolute atomic E-state index is 11.1. The van der Waals surface area contributed by atoms with E-state index in [1.54, 1.807) is 0 Å². The Kier molecular flexibility index (Phi) is 1.50. The van der Waals surface area contributed by atoms with Crippen LogP contribution in [0.2, 0.25) is 0 Å². The first-order chi connectivity index (χ1) is 4.46. The minimum absolute atomic E-state index is 0.0625. The van der Waals surface area contributed by atoms with E-state index in [1.165, 1.54) is 0 Å².